The summed E-state index contributed by atoms with van der Waals surface area (Å²) in [6, 6.07) is 4.81. The van der Waals surface area contributed by atoms with Crippen LogP contribution in [0.25, 0.3) is 5.53 Å². The first-order valence-corrected chi connectivity index (χ1v) is 5.88. The molecule has 0 fully saturated rings. The molecule has 0 heterocycles. The van der Waals surface area contributed by atoms with Gasteiger partial charge in [0.1, 0.15) is 6.61 Å². The van der Waals surface area contributed by atoms with Crippen molar-refractivity contribution in [2.24, 2.45) is 0 Å². The zero-order chi connectivity index (χ0) is 16.5. The maximum atomic E-state index is 11.7. The van der Waals surface area contributed by atoms with Crippen molar-refractivity contribution < 1.29 is 28.8 Å². The van der Waals surface area contributed by atoms with E-state index in [1.54, 1.807) is 0 Å². The third-order valence-electron chi connectivity index (χ3n) is 2.41. The predicted octanol–water partition coefficient (Wildman–Crippen LogP) is 0.886. The van der Waals surface area contributed by atoms with Gasteiger partial charge >= 0.3 is 17.7 Å². The number of ether oxygens (including phenoxy) is 2. The minimum absolute atomic E-state index is 0.148. The standard InChI is InChI=1S/C13H11N3O6/c1-21-11(17)3-2-8-22-13(18)12(15-14)9-4-6-10(7-5-9)16(19)20/h2-7H,8H2,1H3/b3-2+. The summed E-state index contributed by atoms with van der Waals surface area (Å²) in [7, 11) is 1.20. The fourth-order valence-corrected chi connectivity index (χ4v) is 1.36. The molecule has 22 heavy (non-hydrogen) atoms. The molecule has 0 atom stereocenters. The van der Waals surface area contributed by atoms with E-state index in [1.807, 2.05) is 0 Å². The van der Waals surface area contributed by atoms with Gasteiger partial charge < -0.3 is 15.0 Å². The molecule has 0 amide bonds. The van der Waals surface area contributed by atoms with Crippen LogP contribution in [-0.2, 0) is 19.1 Å². The predicted molar refractivity (Wildman–Crippen MR) is 72.9 cm³/mol. The molecule has 0 aliphatic carbocycles. The van der Waals surface area contributed by atoms with E-state index in [9.17, 15) is 19.7 Å². The van der Waals surface area contributed by atoms with Crippen molar-refractivity contribution in [2.75, 3.05) is 13.7 Å². The molecule has 0 N–H and O–H groups in total. The fourth-order valence-electron chi connectivity index (χ4n) is 1.36. The maximum Gasteiger partial charge on any atom is 0.422 e. The van der Waals surface area contributed by atoms with E-state index in [1.165, 1.54) is 25.3 Å². The lowest BCUT2D eigenvalue weighted by atomic mass is 10.1. The van der Waals surface area contributed by atoms with E-state index >= 15 is 0 Å². The summed E-state index contributed by atoms with van der Waals surface area (Å²) in [5, 5.41) is 10.5. The van der Waals surface area contributed by atoms with Gasteiger partial charge in [0, 0.05) is 18.2 Å². The van der Waals surface area contributed by atoms with Crippen molar-refractivity contribution in [1.29, 1.82) is 0 Å². The summed E-state index contributed by atoms with van der Waals surface area (Å²) >= 11 is 0. The highest BCUT2D eigenvalue weighted by molar-refractivity contribution is 6.40. The average molecular weight is 305 g/mol. The Kier molecular flexibility index (Phi) is 6.14. The van der Waals surface area contributed by atoms with E-state index in [0.717, 1.165) is 18.2 Å². The molecule has 9 nitrogen and oxygen atoms in total. The summed E-state index contributed by atoms with van der Waals surface area (Å²) in [6.07, 6.45) is 2.31. The largest absolute Gasteiger partial charge is 0.466 e. The van der Waals surface area contributed by atoms with Crippen molar-refractivity contribution in [3.8, 4) is 0 Å². The van der Waals surface area contributed by atoms with E-state index in [4.69, 9.17) is 10.3 Å². The summed E-state index contributed by atoms with van der Waals surface area (Å²) in [5.41, 5.74) is 8.43. The second kappa shape index (κ2) is 8.08. The topological polar surface area (TPSA) is 132 Å². The number of carbonyl (C=O) groups excluding carboxylic acids is 2. The highest BCUT2D eigenvalue weighted by Crippen LogP contribution is 2.12. The lowest BCUT2D eigenvalue weighted by Crippen LogP contribution is -2.20. The maximum absolute atomic E-state index is 11.7. The van der Waals surface area contributed by atoms with E-state index in [0.29, 0.717) is 0 Å². The van der Waals surface area contributed by atoms with Gasteiger partial charge in [0.15, 0.2) is 0 Å². The number of nitro benzene ring substituents is 1. The second-order valence-corrected chi connectivity index (χ2v) is 3.78. The minimum Gasteiger partial charge on any atom is -0.466 e. The third-order valence-corrected chi connectivity index (χ3v) is 2.41. The molecule has 0 radical (unpaired) electrons. The molecule has 0 saturated carbocycles. The highest BCUT2D eigenvalue weighted by Gasteiger charge is 2.24. The molecule has 9 heteroatoms. The Bertz CT molecular complexity index is 659. The number of nitro groups is 1. The van der Waals surface area contributed by atoms with Crippen molar-refractivity contribution in [1.82, 2.24) is 0 Å². The lowest BCUT2D eigenvalue weighted by Gasteiger charge is -1.98. The van der Waals surface area contributed by atoms with Crippen LogP contribution in [0.15, 0.2) is 36.4 Å². The fraction of sp³-hybridized carbons (Fsp3) is 0.154. The van der Waals surface area contributed by atoms with Gasteiger partial charge in [0.25, 0.3) is 5.69 Å². The number of benzene rings is 1. The molecule has 0 aliphatic rings. The Morgan fingerprint density at radius 1 is 1.36 bits per heavy atom. The quantitative estimate of drug-likeness (QED) is 0.146. The number of carbonyl (C=O) groups is 2. The number of nitrogens with zero attached hydrogens (tertiary/aromatic N) is 3. The molecule has 1 aromatic rings. The Hall–Kier alpha value is -3.32. The van der Waals surface area contributed by atoms with Gasteiger partial charge in [0.2, 0.25) is 0 Å². The first-order valence-electron chi connectivity index (χ1n) is 5.88. The molecular formula is C13H11N3O6. The molecular weight excluding hydrogens is 294 g/mol. The summed E-state index contributed by atoms with van der Waals surface area (Å²) in [6.45, 7) is -0.236. The number of esters is 2. The highest BCUT2D eigenvalue weighted by atomic mass is 16.6. The van der Waals surface area contributed by atoms with Gasteiger partial charge in [-0.3, -0.25) is 10.1 Å². The van der Waals surface area contributed by atoms with Crippen LogP contribution >= 0.6 is 0 Å². The molecule has 0 spiro atoms. The van der Waals surface area contributed by atoms with Crippen LogP contribution in [0.4, 0.5) is 5.69 Å². The number of rotatable bonds is 6. The zero-order valence-electron chi connectivity index (χ0n) is 11.5. The molecule has 114 valence electrons. The summed E-state index contributed by atoms with van der Waals surface area (Å²) in [5.74, 6) is -1.56. The van der Waals surface area contributed by atoms with Crippen LogP contribution in [0.5, 0.6) is 0 Å². The Morgan fingerprint density at radius 2 is 2.00 bits per heavy atom. The van der Waals surface area contributed by atoms with Crippen LogP contribution in [0.3, 0.4) is 0 Å². The first kappa shape index (κ1) is 16.7. The zero-order valence-corrected chi connectivity index (χ0v) is 11.5. The van der Waals surface area contributed by atoms with Crippen LogP contribution in [-0.4, -0.2) is 41.1 Å². The molecule has 0 saturated heterocycles. The summed E-state index contributed by atoms with van der Waals surface area (Å²) in [4.78, 5) is 35.2. The van der Waals surface area contributed by atoms with Gasteiger partial charge in [-0.25, -0.2) is 9.59 Å². The van der Waals surface area contributed by atoms with Gasteiger partial charge in [0.05, 0.1) is 17.6 Å². The number of hydrogen-bond acceptors (Lipinski definition) is 6. The SMILES string of the molecule is COC(=O)/C=C/COC(=O)C(=[N+]=[N-])c1ccc([N+](=O)[O-])cc1. The van der Waals surface area contributed by atoms with E-state index < -0.39 is 22.6 Å². The van der Waals surface area contributed by atoms with Crippen LogP contribution < -0.4 is 0 Å². The number of non-ortho nitro benzene ring substituents is 1. The third kappa shape index (κ3) is 4.66. The number of hydrogen-bond donors (Lipinski definition) is 0. The van der Waals surface area contributed by atoms with Crippen molar-refractivity contribution in [3.63, 3.8) is 0 Å². The molecule has 0 bridgehead atoms. The van der Waals surface area contributed by atoms with Crippen molar-refractivity contribution >= 4 is 23.3 Å². The normalized spacial score (nSPS) is 9.86. The number of methoxy groups -OCH3 is 1. The van der Waals surface area contributed by atoms with Gasteiger partial charge in [-0.2, -0.15) is 4.79 Å². The van der Waals surface area contributed by atoms with E-state index in [2.05, 4.69) is 9.53 Å². The van der Waals surface area contributed by atoms with Crippen LogP contribution in [0, 0.1) is 10.1 Å². The second-order valence-electron chi connectivity index (χ2n) is 3.78. The Labute approximate surface area is 124 Å². The van der Waals surface area contributed by atoms with Crippen LogP contribution in [0.1, 0.15) is 5.56 Å². The molecule has 0 aromatic heterocycles. The molecule has 1 aromatic carbocycles. The minimum atomic E-state index is -0.953. The van der Waals surface area contributed by atoms with Gasteiger partial charge in [-0.15, -0.1) is 0 Å². The van der Waals surface area contributed by atoms with Gasteiger partial charge in [-0.1, -0.05) is 0 Å². The Morgan fingerprint density at radius 3 is 2.50 bits per heavy atom. The van der Waals surface area contributed by atoms with Crippen molar-refractivity contribution in [3.05, 3.63) is 57.6 Å². The smallest absolute Gasteiger partial charge is 0.422 e. The average Bonchev–Trinajstić information content (AvgIpc) is 2.52. The van der Waals surface area contributed by atoms with Crippen LogP contribution in [0.2, 0.25) is 0 Å². The molecule has 0 unspecified atom stereocenters. The summed E-state index contributed by atoms with van der Waals surface area (Å²) < 4.78 is 9.10. The Balaban J connectivity index is 2.73. The van der Waals surface area contributed by atoms with Crippen molar-refractivity contribution in [2.45, 2.75) is 0 Å². The molecule has 0 aliphatic heterocycles. The lowest BCUT2D eigenvalue weighted by molar-refractivity contribution is -0.384. The van der Waals surface area contributed by atoms with Gasteiger partial charge in [-0.05, 0) is 18.2 Å². The monoisotopic (exact) mass is 305 g/mol. The molecule has 1 rings (SSSR count). The first-order chi connectivity index (χ1) is 10.5. The van der Waals surface area contributed by atoms with E-state index in [-0.39, 0.29) is 17.9 Å².